The van der Waals surface area contributed by atoms with Crippen molar-refractivity contribution in [2.75, 3.05) is 5.88 Å². The van der Waals surface area contributed by atoms with Gasteiger partial charge >= 0.3 is 0 Å². The number of carbonyl (C=O) groups is 1. The van der Waals surface area contributed by atoms with E-state index in [0.717, 1.165) is 19.1 Å². The van der Waals surface area contributed by atoms with Crippen molar-refractivity contribution in [3.8, 4) is 0 Å². The van der Waals surface area contributed by atoms with Gasteiger partial charge in [-0.3, -0.25) is 4.79 Å². The van der Waals surface area contributed by atoms with E-state index in [9.17, 15) is 4.79 Å². The number of carbonyl (C=O) groups excluding carboxylic acids is 1. The van der Waals surface area contributed by atoms with Crippen LogP contribution in [0.4, 0.5) is 0 Å². The van der Waals surface area contributed by atoms with Crippen LogP contribution in [0.2, 0.25) is 0 Å². The molecule has 1 rings (SSSR count). The molecule has 1 unspecified atom stereocenters. The van der Waals surface area contributed by atoms with E-state index < -0.39 is 0 Å². The third-order valence-electron chi connectivity index (χ3n) is 2.96. The molecule has 0 fully saturated rings. The highest BCUT2D eigenvalue weighted by Crippen LogP contribution is 2.21. The molecule has 0 amide bonds. The quantitative estimate of drug-likeness (QED) is 0.419. The number of aldehydes is 1. The summed E-state index contributed by atoms with van der Waals surface area (Å²) in [5.74, 6) is 0.817. The van der Waals surface area contributed by atoms with E-state index in [4.69, 9.17) is 11.6 Å². The Morgan fingerprint density at radius 1 is 1.35 bits per heavy atom. The third kappa shape index (κ3) is 4.74. The van der Waals surface area contributed by atoms with Crippen molar-refractivity contribution in [3.63, 3.8) is 0 Å². The Morgan fingerprint density at radius 3 is 2.53 bits per heavy atom. The first kappa shape index (κ1) is 14.0. The molecule has 0 radical (unpaired) electrons. The zero-order valence-electron chi connectivity index (χ0n) is 10.4. The average Bonchev–Trinajstić information content (AvgIpc) is 2.35. The molecule has 1 aromatic rings. The van der Waals surface area contributed by atoms with Crippen LogP contribution in [0, 0.1) is 6.92 Å². The van der Waals surface area contributed by atoms with E-state index in [-0.39, 0.29) is 0 Å². The summed E-state index contributed by atoms with van der Waals surface area (Å²) in [5.41, 5.74) is 3.32. The van der Waals surface area contributed by atoms with Gasteiger partial charge < -0.3 is 0 Å². The maximum absolute atomic E-state index is 10.6. The topological polar surface area (TPSA) is 17.1 Å². The van der Waals surface area contributed by atoms with Crippen molar-refractivity contribution in [1.29, 1.82) is 0 Å². The number of rotatable bonds is 6. The fourth-order valence-electron chi connectivity index (χ4n) is 1.71. The van der Waals surface area contributed by atoms with Gasteiger partial charge in [0.2, 0.25) is 0 Å². The highest BCUT2D eigenvalue weighted by Gasteiger charge is 2.04. The number of allylic oxidation sites excluding steroid dienone is 2. The first-order chi connectivity index (χ1) is 8.17. The van der Waals surface area contributed by atoms with Gasteiger partial charge in [-0.05, 0) is 31.2 Å². The van der Waals surface area contributed by atoms with Crippen LogP contribution in [-0.4, -0.2) is 12.2 Å². The van der Waals surface area contributed by atoms with E-state index in [1.807, 2.05) is 6.08 Å². The number of hydrogen-bond acceptors (Lipinski definition) is 1. The molecule has 0 aromatic heterocycles. The minimum absolute atomic E-state index is 0.308. The molecule has 2 heteroatoms. The lowest BCUT2D eigenvalue weighted by Gasteiger charge is -2.10. The molecule has 17 heavy (non-hydrogen) atoms. The Morgan fingerprint density at radius 2 is 2.00 bits per heavy atom. The van der Waals surface area contributed by atoms with E-state index in [0.29, 0.717) is 17.4 Å². The van der Waals surface area contributed by atoms with Gasteiger partial charge in [-0.1, -0.05) is 42.8 Å². The Hall–Kier alpha value is -1.08. The number of alkyl halides is 1. The molecule has 0 heterocycles. The molecule has 0 aliphatic carbocycles. The van der Waals surface area contributed by atoms with Crippen LogP contribution in [-0.2, 0) is 4.79 Å². The molecule has 0 N–H and O–H groups in total. The van der Waals surface area contributed by atoms with Gasteiger partial charge in [0.1, 0.15) is 6.29 Å². The molecule has 0 aliphatic rings. The molecule has 0 saturated carbocycles. The highest BCUT2D eigenvalue weighted by molar-refractivity contribution is 6.21. The molecule has 0 saturated heterocycles. The summed E-state index contributed by atoms with van der Waals surface area (Å²) in [6.07, 6.45) is 4.71. The molecule has 0 aliphatic heterocycles. The van der Waals surface area contributed by atoms with Crippen molar-refractivity contribution in [3.05, 3.63) is 47.0 Å². The molecule has 0 spiro atoms. The number of hydrogen-bond donors (Lipinski definition) is 0. The second-order valence-corrected chi connectivity index (χ2v) is 4.69. The summed E-state index contributed by atoms with van der Waals surface area (Å²) in [6.45, 7) is 4.30. The molecular weight excluding hydrogens is 232 g/mol. The number of aryl methyl sites for hydroxylation is 1. The van der Waals surface area contributed by atoms with E-state index in [1.165, 1.54) is 11.1 Å². The number of halogens is 1. The lowest BCUT2D eigenvalue weighted by molar-refractivity contribution is -0.104. The summed E-state index contributed by atoms with van der Waals surface area (Å²) in [4.78, 5) is 10.6. The average molecular weight is 251 g/mol. The lowest BCUT2D eigenvalue weighted by atomic mass is 9.95. The molecule has 1 atom stereocenters. The minimum Gasteiger partial charge on any atom is -0.298 e. The summed E-state index contributed by atoms with van der Waals surface area (Å²) in [7, 11) is 0. The zero-order valence-corrected chi connectivity index (χ0v) is 11.2. The lowest BCUT2D eigenvalue weighted by Crippen LogP contribution is -1.94. The molecule has 1 nitrogen and oxygen atoms in total. The smallest absolute Gasteiger partial charge is 0.146 e. The predicted octanol–water partition coefficient (Wildman–Crippen LogP) is 4.24. The summed E-state index contributed by atoms with van der Waals surface area (Å²) < 4.78 is 0. The molecular formula is C15H19ClO. The van der Waals surface area contributed by atoms with Gasteiger partial charge in [0, 0.05) is 5.57 Å². The second kappa shape index (κ2) is 7.29. The van der Waals surface area contributed by atoms with Crippen LogP contribution < -0.4 is 0 Å². The van der Waals surface area contributed by atoms with Crippen LogP contribution in [0.15, 0.2) is 35.9 Å². The first-order valence-electron chi connectivity index (χ1n) is 5.94. The Bertz CT molecular complexity index is 378. The van der Waals surface area contributed by atoms with Gasteiger partial charge in [-0.25, -0.2) is 0 Å². The highest BCUT2D eigenvalue weighted by atomic mass is 35.5. The summed E-state index contributed by atoms with van der Waals surface area (Å²) in [5, 5.41) is 0. The Labute approximate surface area is 108 Å². The van der Waals surface area contributed by atoms with E-state index in [2.05, 4.69) is 38.1 Å². The number of benzene rings is 1. The van der Waals surface area contributed by atoms with Gasteiger partial charge in [-0.2, -0.15) is 0 Å². The van der Waals surface area contributed by atoms with E-state index >= 15 is 0 Å². The van der Waals surface area contributed by atoms with Crippen LogP contribution in [0.5, 0.6) is 0 Å². The van der Waals surface area contributed by atoms with Crippen LogP contribution in [0.1, 0.15) is 36.8 Å². The SMILES string of the molecule is Cc1ccc(C(C)CC/C=C(/C=O)CCl)cc1. The molecule has 92 valence electrons. The predicted molar refractivity (Wildman–Crippen MR) is 73.7 cm³/mol. The maximum Gasteiger partial charge on any atom is 0.146 e. The van der Waals surface area contributed by atoms with Crippen LogP contribution >= 0.6 is 11.6 Å². The Balaban J connectivity index is 2.50. The summed E-state index contributed by atoms with van der Waals surface area (Å²) in [6, 6.07) is 8.62. The monoisotopic (exact) mass is 250 g/mol. The van der Waals surface area contributed by atoms with Gasteiger partial charge in [0.05, 0.1) is 5.88 Å². The van der Waals surface area contributed by atoms with Crippen molar-refractivity contribution < 1.29 is 4.79 Å². The van der Waals surface area contributed by atoms with Crippen molar-refractivity contribution in [1.82, 2.24) is 0 Å². The van der Waals surface area contributed by atoms with Crippen molar-refractivity contribution >= 4 is 17.9 Å². The Kier molecular flexibility index (Phi) is 5.99. The standard InChI is InChI=1S/C15H19ClO/c1-12-6-8-15(9-7-12)13(2)4-3-5-14(10-16)11-17/h5-9,11,13H,3-4,10H2,1-2H3/b14-5+. The van der Waals surface area contributed by atoms with Crippen LogP contribution in [0.25, 0.3) is 0 Å². The fourth-order valence-corrected chi connectivity index (χ4v) is 1.89. The van der Waals surface area contributed by atoms with Crippen molar-refractivity contribution in [2.24, 2.45) is 0 Å². The fraction of sp³-hybridized carbons (Fsp3) is 0.400. The third-order valence-corrected chi connectivity index (χ3v) is 3.27. The second-order valence-electron chi connectivity index (χ2n) is 4.42. The first-order valence-corrected chi connectivity index (χ1v) is 6.47. The minimum atomic E-state index is 0.308. The normalized spacial score (nSPS) is 13.5. The van der Waals surface area contributed by atoms with Gasteiger partial charge in [-0.15, -0.1) is 11.6 Å². The largest absolute Gasteiger partial charge is 0.298 e. The van der Waals surface area contributed by atoms with E-state index in [1.54, 1.807) is 0 Å². The molecule has 0 bridgehead atoms. The summed E-state index contributed by atoms with van der Waals surface area (Å²) >= 11 is 5.62. The van der Waals surface area contributed by atoms with Gasteiger partial charge in [0.25, 0.3) is 0 Å². The van der Waals surface area contributed by atoms with Gasteiger partial charge in [0.15, 0.2) is 0 Å². The van der Waals surface area contributed by atoms with Crippen LogP contribution in [0.3, 0.4) is 0 Å². The molecule has 1 aromatic carbocycles. The van der Waals surface area contributed by atoms with Crippen molar-refractivity contribution in [2.45, 2.75) is 32.6 Å². The zero-order chi connectivity index (χ0) is 12.7. The maximum atomic E-state index is 10.6.